The van der Waals surface area contributed by atoms with Gasteiger partial charge >= 0.3 is 5.63 Å². The highest BCUT2D eigenvalue weighted by atomic mass is 35.5. The smallest absolute Gasteiger partial charge is 0.336 e. The Balaban J connectivity index is 1.70. The molecule has 0 fully saturated rings. The van der Waals surface area contributed by atoms with Gasteiger partial charge in [0.2, 0.25) is 0 Å². The summed E-state index contributed by atoms with van der Waals surface area (Å²) in [6.07, 6.45) is 1.80. The molecule has 2 heterocycles. The predicted octanol–water partition coefficient (Wildman–Crippen LogP) is 5.40. The van der Waals surface area contributed by atoms with Gasteiger partial charge < -0.3 is 9.15 Å². The number of nitrogens with zero attached hydrogens (tertiary/aromatic N) is 1. The molecule has 1 aromatic heterocycles. The monoisotopic (exact) mass is 403 g/mol. The largest absolute Gasteiger partial charge is 0.478 e. The molecule has 1 aliphatic heterocycles. The summed E-state index contributed by atoms with van der Waals surface area (Å²) in [6.45, 7) is 3.77. The van der Waals surface area contributed by atoms with Crippen LogP contribution in [0.2, 0.25) is 10.0 Å². The molecule has 0 saturated carbocycles. The molecule has 0 atom stereocenters. The van der Waals surface area contributed by atoms with Gasteiger partial charge in [0, 0.05) is 34.6 Å². The highest BCUT2D eigenvalue weighted by Crippen LogP contribution is 2.34. The molecule has 0 saturated heterocycles. The Kier molecular flexibility index (Phi) is 5.13. The van der Waals surface area contributed by atoms with Crippen molar-refractivity contribution in [3.8, 4) is 5.75 Å². The van der Waals surface area contributed by atoms with Gasteiger partial charge in [0.25, 0.3) is 0 Å². The summed E-state index contributed by atoms with van der Waals surface area (Å²) in [7, 11) is 0. The number of ether oxygens (including phenoxy) is 1. The lowest BCUT2D eigenvalue weighted by Crippen LogP contribution is -2.31. The lowest BCUT2D eigenvalue weighted by Gasteiger charge is -2.29. The van der Waals surface area contributed by atoms with Crippen LogP contribution in [-0.4, -0.2) is 11.6 Å². The Labute approximate surface area is 167 Å². The van der Waals surface area contributed by atoms with Crippen LogP contribution in [0.3, 0.4) is 0 Å². The molecule has 1 aliphatic rings. The second kappa shape index (κ2) is 7.55. The Hall–Kier alpha value is -2.01. The molecule has 27 heavy (non-hydrogen) atoms. The van der Waals surface area contributed by atoms with E-state index in [4.69, 9.17) is 32.4 Å². The van der Waals surface area contributed by atoms with E-state index in [0.717, 1.165) is 40.7 Å². The van der Waals surface area contributed by atoms with Gasteiger partial charge in [-0.3, -0.25) is 4.90 Å². The number of halogens is 2. The van der Waals surface area contributed by atoms with Gasteiger partial charge in [0.1, 0.15) is 18.1 Å². The molecule has 4 nitrogen and oxygen atoms in total. The summed E-state index contributed by atoms with van der Waals surface area (Å²) < 4.78 is 11.5. The van der Waals surface area contributed by atoms with Crippen LogP contribution in [0.15, 0.2) is 45.6 Å². The average Bonchev–Trinajstić information content (AvgIpc) is 2.64. The molecule has 2 aromatic carbocycles. The third kappa shape index (κ3) is 3.70. The minimum absolute atomic E-state index is 0.322. The Morgan fingerprint density at radius 1 is 1.11 bits per heavy atom. The van der Waals surface area contributed by atoms with Gasteiger partial charge in [-0.25, -0.2) is 4.79 Å². The molecule has 0 amide bonds. The highest BCUT2D eigenvalue weighted by Gasteiger charge is 2.23. The van der Waals surface area contributed by atoms with Gasteiger partial charge in [0.05, 0.1) is 5.56 Å². The Morgan fingerprint density at radius 3 is 2.74 bits per heavy atom. The maximum atomic E-state index is 12.1. The summed E-state index contributed by atoms with van der Waals surface area (Å²) >= 11 is 12.3. The van der Waals surface area contributed by atoms with Gasteiger partial charge in [-0.15, -0.1) is 0 Å². The zero-order chi connectivity index (χ0) is 19.0. The fourth-order valence-corrected chi connectivity index (χ4v) is 3.98. The van der Waals surface area contributed by atoms with Crippen molar-refractivity contribution in [3.63, 3.8) is 0 Å². The quantitative estimate of drug-likeness (QED) is 0.546. The number of benzene rings is 2. The van der Waals surface area contributed by atoms with E-state index in [-0.39, 0.29) is 5.63 Å². The van der Waals surface area contributed by atoms with Crippen LogP contribution >= 0.6 is 23.2 Å². The summed E-state index contributed by atoms with van der Waals surface area (Å²) in [4.78, 5) is 14.2. The molecule has 4 rings (SSSR count). The first-order valence-electron chi connectivity index (χ1n) is 8.93. The summed E-state index contributed by atoms with van der Waals surface area (Å²) in [5, 5.41) is 2.22. The molecule has 3 aromatic rings. The van der Waals surface area contributed by atoms with Crippen molar-refractivity contribution >= 4 is 34.2 Å². The highest BCUT2D eigenvalue weighted by molar-refractivity contribution is 6.35. The summed E-state index contributed by atoms with van der Waals surface area (Å²) in [6, 6.07) is 11.0. The number of rotatable bonds is 4. The molecule has 0 aliphatic carbocycles. The summed E-state index contributed by atoms with van der Waals surface area (Å²) in [5.74, 6) is 0.762. The summed E-state index contributed by atoms with van der Waals surface area (Å²) in [5.41, 5.74) is 3.19. The lowest BCUT2D eigenvalue weighted by molar-refractivity contribution is 0.0890. The molecular weight excluding hydrogens is 385 g/mol. The van der Waals surface area contributed by atoms with E-state index in [2.05, 4.69) is 11.8 Å². The fourth-order valence-electron chi connectivity index (χ4n) is 3.51. The van der Waals surface area contributed by atoms with E-state index in [1.165, 1.54) is 0 Å². The van der Waals surface area contributed by atoms with Crippen molar-refractivity contribution in [1.29, 1.82) is 0 Å². The topological polar surface area (TPSA) is 42.7 Å². The first-order valence-corrected chi connectivity index (χ1v) is 9.68. The minimum Gasteiger partial charge on any atom is -0.478 e. The minimum atomic E-state index is -0.322. The molecule has 140 valence electrons. The SMILES string of the molecule is CCCc1cc(=O)oc2c3c(ccc12)OCN(Cc1ccc(Cl)cc1Cl)C3. The molecular formula is C21H19Cl2NO3. The zero-order valence-electron chi connectivity index (χ0n) is 14.9. The normalized spacial score (nSPS) is 14.2. The van der Waals surface area contributed by atoms with E-state index < -0.39 is 0 Å². The second-order valence-corrected chi connectivity index (χ2v) is 7.60. The van der Waals surface area contributed by atoms with Crippen LogP contribution in [0.5, 0.6) is 5.75 Å². The van der Waals surface area contributed by atoms with Crippen molar-refractivity contribution in [1.82, 2.24) is 4.90 Å². The standard InChI is InChI=1S/C21H19Cl2NO3/c1-2-3-13-8-20(25)27-21-16(13)6-7-19-17(21)11-24(12-26-19)10-14-4-5-15(22)9-18(14)23/h4-9H,2-3,10-12H2,1H3. The third-order valence-corrected chi connectivity index (χ3v) is 5.36. The number of hydrogen-bond donors (Lipinski definition) is 0. The van der Waals surface area contributed by atoms with E-state index >= 15 is 0 Å². The van der Waals surface area contributed by atoms with Gasteiger partial charge in [-0.2, -0.15) is 0 Å². The molecule has 6 heteroatoms. The van der Waals surface area contributed by atoms with Crippen LogP contribution in [0.1, 0.15) is 30.0 Å². The van der Waals surface area contributed by atoms with E-state index in [1.54, 1.807) is 12.1 Å². The van der Waals surface area contributed by atoms with Gasteiger partial charge in [-0.1, -0.05) is 42.6 Å². The van der Waals surface area contributed by atoms with Crippen LogP contribution in [0.25, 0.3) is 11.0 Å². The molecule has 0 N–H and O–H groups in total. The number of hydrogen-bond acceptors (Lipinski definition) is 4. The zero-order valence-corrected chi connectivity index (χ0v) is 16.4. The molecule has 0 unspecified atom stereocenters. The third-order valence-electron chi connectivity index (χ3n) is 4.77. The fraction of sp³-hybridized carbons (Fsp3) is 0.286. The maximum absolute atomic E-state index is 12.1. The lowest BCUT2D eigenvalue weighted by atomic mass is 10.0. The molecule has 0 spiro atoms. The van der Waals surface area contributed by atoms with E-state index in [1.807, 2.05) is 24.3 Å². The van der Waals surface area contributed by atoms with Crippen molar-refractivity contribution in [2.24, 2.45) is 0 Å². The van der Waals surface area contributed by atoms with Gasteiger partial charge in [0.15, 0.2) is 0 Å². The first-order chi connectivity index (χ1) is 13.0. The van der Waals surface area contributed by atoms with Crippen LogP contribution in [0, 0.1) is 0 Å². The molecule has 0 bridgehead atoms. The Morgan fingerprint density at radius 2 is 1.96 bits per heavy atom. The van der Waals surface area contributed by atoms with Gasteiger partial charge in [-0.05, 0) is 41.8 Å². The first kappa shape index (κ1) is 18.4. The Bertz CT molecular complexity index is 1060. The van der Waals surface area contributed by atoms with Crippen molar-refractivity contribution in [3.05, 3.63) is 73.6 Å². The van der Waals surface area contributed by atoms with Crippen molar-refractivity contribution < 1.29 is 9.15 Å². The molecule has 0 radical (unpaired) electrons. The van der Waals surface area contributed by atoms with Crippen molar-refractivity contribution in [2.75, 3.05) is 6.73 Å². The number of fused-ring (bicyclic) bond motifs is 3. The second-order valence-electron chi connectivity index (χ2n) is 6.76. The predicted molar refractivity (Wildman–Crippen MR) is 108 cm³/mol. The van der Waals surface area contributed by atoms with E-state index in [0.29, 0.717) is 35.4 Å². The number of aryl methyl sites for hydroxylation is 1. The van der Waals surface area contributed by atoms with Crippen LogP contribution in [-0.2, 0) is 19.5 Å². The maximum Gasteiger partial charge on any atom is 0.336 e. The van der Waals surface area contributed by atoms with Crippen LogP contribution < -0.4 is 10.4 Å². The van der Waals surface area contributed by atoms with E-state index in [9.17, 15) is 4.79 Å². The average molecular weight is 404 g/mol. The van der Waals surface area contributed by atoms with Crippen LogP contribution in [0.4, 0.5) is 0 Å². The van der Waals surface area contributed by atoms with Crippen molar-refractivity contribution in [2.45, 2.75) is 32.9 Å².